The SMILES string of the molecule is C=CC=NC(C)C(C)=C/C(=C\C)N(c1ccc(-c2ccccc2)cc1)c1cc(C2=CCCC=C2)cc(-c2ccccn2)c1. The summed E-state index contributed by atoms with van der Waals surface area (Å²) >= 11 is 0. The minimum Gasteiger partial charge on any atom is -0.311 e. The van der Waals surface area contributed by atoms with Gasteiger partial charge in [0, 0.05) is 35.0 Å². The van der Waals surface area contributed by atoms with Crippen molar-refractivity contribution in [2.24, 2.45) is 4.99 Å². The minimum atomic E-state index is 0.0307. The van der Waals surface area contributed by atoms with E-state index in [1.807, 2.05) is 18.3 Å². The van der Waals surface area contributed by atoms with Crippen molar-refractivity contribution in [3.8, 4) is 22.4 Å². The van der Waals surface area contributed by atoms with Crippen LogP contribution in [0.5, 0.6) is 0 Å². The van der Waals surface area contributed by atoms with Crippen LogP contribution in [0.4, 0.5) is 11.4 Å². The van der Waals surface area contributed by atoms with Gasteiger partial charge in [-0.05, 0) is 110 Å². The van der Waals surface area contributed by atoms with Crippen molar-refractivity contribution in [1.82, 2.24) is 4.98 Å². The molecule has 0 fully saturated rings. The van der Waals surface area contributed by atoms with Gasteiger partial charge < -0.3 is 4.90 Å². The molecule has 3 heteroatoms. The fourth-order valence-electron chi connectivity index (χ4n) is 5.23. The molecule has 43 heavy (non-hydrogen) atoms. The minimum absolute atomic E-state index is 0.0307. The van der Waals surface area contributed by atoms with E-state index in [2.05, 4.69) is 146 Å². The first-order chi connectivity index (χ1) is 21.1. The quantitative estimate of drug-likeness (QED) is 0.142. The summed E-state index contributed by atoms with van der Waals surface area (Å²) < 4.78 is 0. The Kier molecular flexibility index (Phi) is 9.76. The molecule has 0 N–H and O–H groups in total. The highest BCUT2D eigenvalue weighted by molar-refractivity contribution is 5.84. The number of aromatic nitrogens is 1. The Morgan fingerprint density at radius 1 is 0.860 bits per heavy atom. The molecule has 0 aliphatic heterocycles. The van der Waals surface area contributed by atoms with E-state index in [0.717, 1.165) is 46.7 Å². The topological polar surface area (TPSA) is 28.5 Å². The summed E-state index contributed by atoms with van der Waals surface area (Å²) in [4.78, 5) is 11.7. The van der Waals surface area contributed by atoms with Crippen molar-refractivity contribution in [1.29, 1.82) is 0 Å². The van der Waals surface area contributed by atoms with Gasteiger partial charge in [-0.1, -0.05) is 85.5 Å². The summed E-state index contributed by atoms with van der Waals surface area (Å²) in [5.74, 6) is 0. The summed E-state index contributed by atoms with van der Waals surface area (Å²) in [6.07, 6.45) is 18.7. The van der Waals surface area contributed by atoms with Crippen molar-refractivity contribution >= 4 is 23.2 Å². The van der Waals surface area contributed by atoms with E-state index >= 15 is 0 Å². The predicted octanol–water partition coefficient (Wildman–Crippen LogP) is 10.8. The lowest BCUT2D eigenvalue weighted by Crippen LogP contribution is -2.17. The maximum absolute atomic E-state index is 4.71. The van der Waals surface area contributed by atoms with Crippen LogP contribution >= 0.6 is 0 Å². The maximum atomic E-state index is 4.71. The molecular weight excluding hydrogens is 522 g/mol. The third-order valence-corrected chi connectivity index (χ3v) is 7.70. The van der Waals surface area contributed by atoms with Crippen LogP contribution in [0.25, 0.3) is 28.0 Å². The number of benzene rings is 3. The zero-order chi connectivity index (χ0) is 30.0. The highest BCUT2D eigenvalue weighted by atomic mass is 15.1. The van der Waals surface area contributed by atoms with E-state index in [1.54, 1.807) is 12.3 Å². The lowest BCUT2D eigenvalue weighted by atomic mass is 9.95. The molecule has 1 aliphatic carbocycles. The predicted molar refractivity (Wildman–Crippen MR) is 186 cm³/mol. The summed E-state index contributed by atoms with van der Waals surface area (Å²) in [6, 6.07) is 32.2. The second-order valence-electron chi connectivity index (χ2n) is 10.7. The van der Waals surface area contributed by atoms with Gasteiger partial charge in [0.2, 0.25) is 0 Å². The molecule has 0 radical (unpaired) electrons. The Hall–Kier alpha value is -5.02. The highest BCUT2D eigenvalue weighted by Gasteiger charge is 2.18. The van der Waals surface area contributed by atoms with Gasteiger partial charge in [-0.25, -0.2) is 0 Å². The molecule has 3 aromatic carbocycles. The average Bonchev–Trinajstić information content (AvgIpc) is 3.08. The fourth-order valence-corrected chi connectivity index (χ4v) is 5.23. The summed E-state index contributed by atoms with van der Waals surface area (Å²) in [7, 11) is 0. The van der Waals surface area contributed by atoms with Crippen LogP contribution in [0.15, 0.2) is 156 Å². The number of nitrogens with zero attached hydrogens (tertiary/aromatic N) is 3. The zero-order valence-corrected chi connectivity index (χ0v) is 25.3. The third kappa shape index (κ3) is 7.25. The molecule has 0 amide bonds. The lowest BCUT2D eigenvalue weighted by molar-refractivity contribution is 0.865. The number of rotatable bonds is 10. The number of allylic oxidation sites excluding steroid dienone is 7. The molecular formula is C40H39N3. The van der Waals surface area contributed by atoms with Crippen LogP contribution in [0, 0.1) is 0 Å². The molecule has 1 atom stereocenters. The Labute approximate surface area is 256 Å². The van der Waals surface area contributed by atoms with Crippen LogP contribution in [0.3, 0.4) is 0 Å². The van der Waals surface area contributed by atoms with Crippen molar-refractivity contribution in [3.63, 3.8) is 0 Å². The van der Waals surface area contributed by atoms with E-state index < -0.39 is 0 Å². The van der Waals surface area contributed by atoms with Crippen LogP contribution in [-0.4, -0.2) is 17.2 Å². The van der Waals surface area contributed by atoms with Crippen LogP contribution in [-0.2, 0) is 0 Å². The Bertz CT molecular complexity index is 1690. The largest absolute Gasteiger partial charge is 0.311 e. The highest BCUT2D eigenvalue weighted by Crippen LogP contribution is 2.38. The molecule has 4 aromatic rings. The van der Waals surface area contributed by atoms with Crippen molar-refractivity contribution in [3.05, 3.63) is 157 Å². The summed E-state index contributed by atoms with van der Waals surface area (Å²) in [5.41, 5.74) is 11.2. The molecule has 214 valence electrons. The van der Waals surface area contributed by atoms with E-state index in [0.29, 0.717) is 0 Å². The molecule has 0 spiro atoms. The van der Waals surface area contributed by atoms with Gasteiger partial charge in [-0.2, -0.15) is 0 Å². The van der Waals surface area contributed by atoms with E-state index in [-0.39, 0.29) is 6.04 Å². The van der Waals surface area contributed by atoms with E-state index in [4.69, 9.17) is 4.98 Å². The Morgan fingerprint density at radius 2 is 1.60 bits per heavy atom. The van der Waals surface area contributed by atoms with Gasteiger partial charge in [-0.3, -0.25) is 9.98 Å². The van der Waals surface area contributed by atoms with Crippen molar-refractivity contribution in [2.75, 3.05) is 4.90 Å². The van der Waals surface area contributed by atoms with E-state index in [9.17, 15) is 0 Å². The number of pyridine rings is 1. The Balaban J connectivity index is 1.68. The van der Waals surface area contributed by atoms with Gasteiger partial charge in [-0.15, -0.1) is 0 Å². The first-order valence-electron chi connectivity index (χ1n) is 14.9. The molecule has 5 rings (SSSR count). The molecule has 1 aliphatic rings. The van der Waals surface area contributed by atoms with Gasteiger partial charge in [0.05, 0.1) is 11.7 Å². The van der Waals surface area contributed by atoms with Crippen LogP contribution in [0.1, 0.15) is 39.2 Å². The van der Waals surface area contributed by atoms with Gasteiger partial charge in [0.25, 0.3) is 0 Å². The van der Waals surface area contributed by atoms with E-state index in [1.165, 1.54) is 22.3 Å². The number of hydrogen-bond donors (Lipinski definition) is 0. The smallest absolute Gasteiger partial charge is 0.0702 e. The van der Waals surface area contributed by atoms with Crippen molar-refractivity contribution in [2.45, 2.75) is 39.7 Å². The first kappa shape index (κ1) is 29.5. The summed E-state index contributed by atoms with van der Waals surface area (Å²) in [5, 5.41) is 0. The number of hydrogen-bond acceptors (Lipinski definition) is 3. The van der Waals surface area contributed by atoms with Gasteiger partial charge in [0.15, 0.2) is 0 Å². The van der Waals surface area contributed by atoms with Crippen LogP contribution < -0.4 is 4.90 Å². The van der Waals surface area contributed by atoms with Crippen molar-refractivity contribution < 1.29 is 0 Å². The second kappa shape index (κ2) is 14.2. The molecule has 1 unspecified atom stereocenters. The average molecular weight is 562 g/mol. The number of aliphatic imine (C=N–C) groups is 1. The molecule has 1 aromatic heterocycles. The molecule has 0 saturated heterocycles. The first-order valence-corrected chi connectivity index (χ1v) is 14.9. The molecule has 0 bridgehead atoms. The standard InChI is InChI=1S/C40H39N3/c1-5-24-41-31(4)30(3)26-37(6-2)43(38-22-20-34(21-23-38)32-15-9-7-10-16-32)39-28-35(33-17-11-8-12-18-33)27-36(29-39)40-19-13-14-25-42-40/h5-7,9-11,13-29,31H,1,8,12H2,2-4H3/b30-26?,37-6+,41-24?. The third-order valence-electron chi connectivity index (χ3n) is 7.70. The van der Waals surface area contributed by atoms with Gasteiger partial charge >= 0.3 is 0 Å². The molecule has 3 nitrogen and oxygen atoms in total. The summed E-state index contributed by atoms with van der Waals surface area (Å²) in [6.45, 7) is 10.1. The van der Waals surface area contributed by atoms with Crippen LogP contribution in [0.2, 0.25) is 0 Å². The zero-order valence-electron chi connectivity index (χ0n) is 25.3. The number of anilines is 2. The molecule has 1 heterocycles. The second-order valence-corrected chi connectivity index (χ2v) is 10.7. The fraction of sp³-hybridized carbons (Fsp3) is 0.150. The normalized spacial score (nSPS) is 14.4. The van der Waals surface area contributed by atoms with Gasteiger partial charge in [0.1, 0.15) is 0 Å². The maximum Gasteiger partial charge on any atom is 0.0702 e. The Morgan fingerprint density at radius 3 is 2.28 bits per heavy atom. The monoisotopic (exact) mass is 561 g/mol. The molecule has 0 saturated carbocycles. The lowest BCUT2D eigenvalue weighted by Gasteiger charge is -2.28.